The van der Waals surface area contributed by atoms with Crippen molar-refractivity contribution in [2.45, 2.75) is 19.9 Å². The van der Waals surface area contributed by atoms with Crippen molar-refractivity contribution in [3.05, 3.63) is 53.6 Å². The number of rotatable bonds is 3. The standard InChI is InChI=1S/C18H22N2O/c1-13-9-14-5-3-4-6-17(14)20(12-13)18-10-16(21-2)8-7-15(18)11-19/h3-8,10,13H,9,11-12,19H2,1-2H3. The van der Waals surface area contributed by atoms with Gasteiger partial charge in [-0.15, -0.1) is 0 Å². The Morgan fingerprint density at radius 3 is 2.76 bits per heavy atom. The van der Waals surface area contributed by atoms with E-state index in [0.29, 0.717) is 12.5 Å². The fraction of sp³-hybridized carbons (Fsp3) is 0.333. The number of nitrogens with two attached hydrogens (primary N) is 1. The third-order valence-electron chi connectivity index (χ3n) is 4.15. The Morgan fingerprint density at radius 2 is 2.00 bits per heavy atom. The number of benzene rings is 2. The van der Waals surface area contributed by atoms with E-state index in [9.17, 15) is 0 Å². The first-order chi connectivity index (χ1) is 10.2. The molecule has 0 radical (unpaired) electrons. The highest BCUT2D eigenvalue weighted by molar-refractivity contribution is 5.71. The molecule has 110 valence electrons. The average molecular weight is 282 g/mol. The van der Waals surface area contributed by atoms with E-state index < -0.39 is 0 Å². The molecular weight excluding hydrogens is 260 g/mol. The lowest BCUT2D eigenvalue weighted by atomic mass is 9.93. The Hall–Kier alpha value is -2.00. The summed E-state index contributed by atoms with van der Waals surface area (Å²) in [5, 5.41) is 0. The predicted octanol–water partition coefficient (Wildman–Crippen LogP) is 3.48. The molecule has 3 rings (SSSR count). The molecule has 0 spiro atoms. The summed E-state index contributed by atoms with van der Waals surface area (Å²) in [4.78, 5) is 2.38. The van der Waals surface area contributed by atoms with E-state index in [1.54, 1.807) is 7.11 Å². The number of hydrogen-bond donors (Lipinski definition) is 1. The minimum absolute atomic E-state index is 0.534. The van der Waals surface area contributed by atoms with Gasteiger partial charge in [-0.25, -0.2) is 0 Å². The number of para-hydroxylation sites is 1. The minimum atomic E-state index is 0.534. The Balaban J connectivity index is 2.11. The van der Waals surface area contributed by atoms with E-state index in [1.807, 2.05) is 6.07 Å². The lowest BCUT2D eigenvalue weighted by Gasteiger charge is -2.36. The van der Waals surface area contributed by atoms with Crippen molar-refractivity contribution in [1.82, 2.24) is 0 Å². The van der Waals surface area contributed by atoms with Crippen LogP contribution in [0.25, 0.3) is 0 Å². The Kier molecular flexibility index (Phi) is 3.84. The van der Waals surface area contributed by atoms with Gasteiger partial charge in [-0.05, 0) is 35.6 Å². The molecule has 0 bridgehead atoms. The number of anilines is 2. The Labute approximate surface area is 126 Å². The molecule has 1 heterocycles. The summed E-state index contributed by atoms with van der Waals surface area (Å²) >= 11 is 0. The lowest BCUT2D eigenvalue weighted by Crippen LogP contribution is -2.31. The maximum Gasteiger partial charge on any atom is 0.120 e. The van der Waals surface area contributed by atoms with Gasteiger partial charge in [0.1, 0.15) is 5.75 Å². The first kappa shape index (κ1) is 14.0. The largest absolute Gasteiger partial charge is 0.497 e. The van der Waals surface area contributed by atoms with Gasteiger partial charge in [-0.3, -0.25) is 0 Å². The highest BCUT2D eigenvalue weighted by Gasteiger charge is 2.24. The number of methoxy groups -OCH3 is 1. The number of hydrogen-bond acceptors (Lipinski definition) is 3. The first-order valence-corrected chi connectivity index (χ1v) is 7.45. The van der Waals surface area contributed by atoms with Gasteiger partial charge in [0.25, 0.3) is 0 Å². The van der Waals surface area contributed by atoms with E-state index in [4.69, 9.17) is 10.5 Å². The molecule has 3 heteroatoms. The molecule has 0 saturated carbocycles. The van der Waals surface area contributed by atoms with Crippen LogP contribution in [0.3, 0.4) is 0 Å². The van der Waals surface area contributed by atoms with Crippen LogP contribution in [0, 0.1) is 5.92 Å². The molecule has 0 aromatic heterocycles. The molecule has 0 aliphatic carbocycles. The molecule has 0 saturated heterocycles. The number of nitrogens with zero attached hydrogens (tertiary/aromatic N) is 1. The van der Waals surface area contributed by atoms with Crippen LogP contribution in [-0.2, 0) is 13.0 Å². The maximum atomic E-state index is 5.94. The van der Waals surface area contributed by atoms with Crippen LogP contribution in [0.5, 0.6) is 5.75 Å². The molecule has 1 aliphatic rings. The quantitative estimate of drug-likeness (QED) is 0.936. The highest BCUT2D eigenvalue weighted by Crippen LogP contribution is 2.38. The summed E-state index contributed by atoms with van der Waals surface area (Å²) < 4.78 is 5.39. The van der Waals surface area contributed by atoms with Gasteiger partial charge in [0.15, 0.2) is 0 Å². The molecule has 21 heavy (non-hydrogen) atoms. The van der Waals surface area contributed by atoms with Crippen LogP contribution in [0.2, 0.25) is 0 Å². The van der Waals surface area contributed by atoms with Gasteiger partial charge < -0.3 is 15.4 Å². The van der Waals surface area contributed by atoms with E-state index in [0.717, 1.165) is 30.0 Å². The van der Waals surface area contributed by atoms with E-state index in [-0.39, 0.29) is 0 Å². The molecule has 0 amide bonds. The SMILES string of the molecule is COc1ccc(CN)c(N2CC(C)Cc3ccccc32)c1. The van der Waals surface area contributed by atoms with Crippen molar-refractivity contribution < 1.29 is 4.74 Å². The van der Waals surface area contributed by atoms with Gasteiger partial charge in [0, 0.05) is 30.5 Å². The zero-order valence-corrected chi connectivity index (χ0v) is 12.7. The molecule has 1 aliphatic heterocycles. The number of ether oxygens (including phenoxy) is 1. The Bertz CT molecular complexity index is 639. The van der Waals surface area contributed by atoms with E-state index >= 15 is 0 Å². The summed E-state index contributed by atoms with van der Waals surface area (Å²) in [6.07, 6.45) is 1.13. The van der Waals surface area contributed by atoms with Crippen LogP contribution >= 0.6 is 0 Å². The normalized spacial score (nSPS) is 17.5. The third kappa shape index (κ3) is 2.61. The third-order valence-corrected chi connectivity index (χ3v) is 4.15. The smallest absolute Gasteiger partial charge is 0.120 e. The van der Waals surface area contributed by atoms with Crippen molar-refractivity contribution in [2.75, 3.05) is 18.6 Å². The van der Waals surface area contributed by atoms with E-state index in [1.165, 1.54) is 11.3 Å². The fourth-order valence-corrected chi connectivity index (χ4v) is 3.12. The second-order valence-corrected chi connectivity index (χ2v) is 5.75. The minimum Gasteiger partial charge on any atom is -0.497 e. The molecule has 2 N–H and O–H groups in total. The maximum absolute atomic E-state index is 5.94. The van der Waals surface area contributed by atoms with Crippen LogP contribution in [0.1, 0.15) is 18.1 Å². The monoisotopic (exact) mass is 282 g/mol. The summed E-state index contributed by atoms with van der Waals surface area (Å²) in [5.74, 6) is 1.50. The zero-order chi connectivity index (χ0) is 14.8. The van der Waals surface area contributed by atoms with Gasteiger partial charge >= 0.3 is 0 Å². The van der Waals surface area contributed by atoms with Gasteiger partial charge in [-0.2, -0.15) is 0 Å². The van der Waals surface area contributed by atoms with Crippen molar-refractivity contribution in [2.24, 2.45) is 11.7 Å². The highest BCUT2D eigenvalue weighted by atomic mass is 16.5. The Morgan fingerprint density at radius 1 is 1.19 bits per heavy atom. The first-order valence-electron chi connectivity index (χ1n) is 7.45. The average Bonchev–Trinajstić information content (AvgIpc) is 2.53. The fourth-order valence-electron chi connectivity index (χ4n) is 3.12. The van der Waals surface area contributed by atoms with Gasteiger partial charge in [-0.1, -0.05) is 31.2 Å². The zero-order valence-electron chi connectivity index (χ0n) is 12.7. The molecular formula is C18H22N2O. The van der Waals surface area contributed by atoms with Crippen LogP contribution in [0.4, 0.5) is 11.4 Å². The molecule has 1 unspecified atom stereocenters. The summed E-state index contributed by atoms with van der Waals surface area (Å²) in [6.45, 7) is 3.84. The lowest BCUT2D eigenvalue weighted by molar-refractivity contribution is 0.414. The van der Waals surface area contributed by atoms with Gasteiger partial charge in [0.05, 0.1) is 7.11 Å². The van der Waals surface area contributed by atoms with Crippen LogP contribution < -0.4 is 15.4 Å². The molecule has 1 atom stereocenters. The van der Waals surface area contributed by atoms with Crippen LogP contribution in [0.15, 0.2) is 42.5 Å². The molecule has 2 aromatic rings. The van der Waals surface area contributed by atoms with Crippen LogP contribution in [-0.4, -0.2) is 13.7 Å². The molecule has 3 nitrogen and oxygen atoms in total. The summed E-state index contributed by atoms with van der Waals surface area (Å²) in [6, 6.07) is 14.8. The van der Waals surface area contributed by atoms with Crippen molar-refractivity contribution in [1.29, 1.82) is 0 Å². The summed E-state index contributed by atoms with van der Waals surface area (Å²) in [5.41, 5.74) is 10.9. The van der Waals surface area contributed by atoms with Crippen molar-refractivity contribution in [3.63, 3.8) is 0 Å². The van der Waals surface area contributed by atoms with Crippen molar-refractivity contribution >= 4 is 11.4 Å². The second-order valence-electron chi connectivity index (χ2n) is 5.75. The van der Waals surface area contributed by atoms with Crippen molar-refractivity contribution in [3.8, 4) is 5.75 Å². The van der Waals surface area contributed by atoms with Gasteiger partial charge in [0.2, 0.25) is 0 Å². The second kappa shape index (κ2) is 5.78. The molecule has 2 aromatic carbocycles. The summed E-state index contributed by atoms with van der Waals surface area (Å²) in [7, 11) is 1.70. The molecule has 0 fully saturated rings. The number of fused-ring (bicyclic) bond motifs is 1. The topological polar surface area (TPSA) is 38.5 Å². The predicted molar refractivity (Wildman–Crippen MR) is 87.2 cm³/mol. The van der Waals surface area contributed by atoms with E-state index in [2.05, 4.69) is 48.2 Å².